The van der Waals surface area contributed by atoms with Crippen LogP contribution >= 0.6 is 35.1 Å². The smallest absolute Gasteiger partial charge is 0.409 e. The molecule has 5 aliphatic rings. The van der Waals surface area contributed by atoms with E-state index in [2.05, 4.69) is 45.7 Å². The van der Waals surface area contributed by atoms with Crippen LogP contribution in [0.25, 0.3) is 0 Å². The number of allylic oxidation sites excluding steroid dienone is 3. The van der Waals surface area contributed by atoms with Gasteiger partial charge in [0.25, 0.3) is 0 Å². The molecule has 4 bridgehead atoms. The molecule has 2 unspecified atom stereocenters. The average Bonchev–Trinajstić information content (AvgIpc) is 1.58. The Morgan fingerprint density at radius 2 is 1.39 bits per heavy atom. The van der Waals surface area contributed by atoms with E-state index < -0.39 is 149 Å². The molecule has 530 valence electrons. The number of ether oxygens (including phenoxy) is 5. The maximum atomic E-state index is 14.4. The van der Waals surface area contributed by atoms with Crippen LogP contribution in [0.1, 0.15) is 111 Å². The predicted octanol–water partition coefficient (Wildman–Crippen LogP) is 1.81. The van der Waals surface area contributed by atoms with Gasteiger partial charge in [-0.2, -0.15) is 0 Å². The van der Waals surface area contributed by atoms with Crippen molar-refractivity contribution in [3.8, 4) is 5.75 Å². The van der Waals surface area contributed by atoms with E-state index in [-0.39, 0.29) is 93.7 Å². The van der Waals surface area contributed by atoms with E-state index in [1.807, 2.05) is 13.0 Å². The largest absolute Gasteiger partial charge is 0.495 e. The van der Waals surface area contributed by atoms with E-state index in [1.54, 1.807) is 38.1 Å². The Balaban J connectivity index is 0.894. The van der Waals surface area contributed by atoms with Gasteiger partial charge in [0, 0.05) is 97.6 Å². The van der Waals surface area contributed by atoms with Crippen molar-refractivity contribution < 1.29 is 91.1 Å². The molecular formula is C64H91ClN10O19S2. The van der Waals surface area contributed by atoms with Crippen LogP contribution in [0.15, 0.2) is 35.9 Å². The third-order valence-corrected chi connectivity index (χ3v) is 20.2. The van der Waals surface area contributed by atoms with E-state index in [9.17, 15) is 67.4 Å². The number of benzene rings is 1. The number of nitrogens with one attached hydrogen (secondary N) is 6. The van der Waals surface area contributed by atoms with E-state index in [1.165, 1.54) is 56.8 Å². The van der Waals surface area contributed by atoms with Crippen molar-refractivity contribution in [3.63, 3.8) is 0 Å². The minimum absolute atomic E-state index is 0.0420. The Morgan fingerprint density at radius 3 is 2.01 bits per heavy atom. The number of nitrogens with zero attached hydrogens (tertiary/aromatic N) is 4. The van der Waals surface area contributed by atoms with Gasteiger partial charge in [-0.15, -0.1) is 23.5 Å². The Bertz CT molecular complexity index is 3160. The zero-order valence-corrected chi connectivity index (χ0v) is 58.4. The molecule has 10 atom stereocenters. The molecule has 4 fully saturated rings. The number of halogens is 1. The maximum absolute atomic E-state index is 14.4. The molecule has 12 amide bonds. The molecule has 1 aromatic rings. The van der Waals surface area contributed by atoms with Gasteiger partial charge in [0.1, 0.15) is 40.7 Å². The van der Waals surface area contributed by atoms with Crippen molar-refractivity contribution >= 4 is 118 Å². The molecule has 32 heteroatoms. The van der Waals surface area contributed by atoms with Crippen LogP contribution in [-0.2, 0) is 82.9 Å². The van der Waals surface area contributed by atoms with Gasteiger partial charge in [0.15, 0.2) is 5.72 Å². The van der Waals surface area contributed by atoms with Gasteiger partial charge < -0.3 is 65.2 Å². The van der Waals surface area contributed by atoms with Crippen molar-refractivity contribution in [1.82, 2.24) is 46.6 Å². The molecule has 5 heterocycles. The summed E-state index contributed by atoms with van der Waals surface area (Å²) in [4.78, 5) is 173. The van der Waals surface area contributed by atoms with E-state index in [0.29, 0.717) is 23.8 Å². The first-order valence-electron chi connectivity index (χ1n) is 32.0. The predicted molar refractivity (Wildman–Crippen MR) is 354 cm³/mol. The number of fused-ring (bicyclic) bond motifs is 5. The number of rotatable bonds is 30. The number of likely N-dealkylation sites (tertiary alicyclic amines) is 2. The van der Waals surface area contributed by atoms with Gasteiger partial charge in [-0.3, -0.25) is 67.9 Å². The van der Waals surface area contributed by atoms with Gasteiger partial charge >= 0.3 is 12.1 Å². The first-order valence-corrected chi connectivity index (χ1v) is 34.5. The fraction of sp³-hybridized carbons (Fsp3) is 0.641. The van der Waals surface area contributed by atoms with Crippen LogP contribution in [-0.4, -0.2) is 235 Å². The summed E-state index contributed by atoms with van der Waals surface area (Å²) in [5, 5.41) is 25.4. The Hall–Kier alpha value is -7.32. The fourth-order valence-corrected chi connectivity index (χ4v) is 13.9. The summed E-state index contributed by atoms with van der Waals surface area (Å²) >= 11 is 9.38. The van der Waals surface area contributed by atoms with Crippen molar-refractivity contribution in [1.29, 1.82) is 0 Å². The summed E-state index contributed by atoms with van der Waals surface area (Å²) in [6.07, 6.45) is 1.65. The van der Waals surface area contributed by atoms with E-state index in [4.69, 9.17) is 35.3 Å². The topological polar surface area (TPSA) is 377 Å². The zero-order valence-electron chi connectivity index (χ0n) is 56.0. The second-order valence-electron chi connectivity index (χ2n) is 25.0. The SMILES string of the molecule is COc1cc2cc(c1Cl)N(C)C(=O)C[C@H](OC(=O)[C@H](C)N(C)C(=O)CCSC1CC(=O)N(CCCC(=O)NCC(=O)NCC(=O)NCC(=O)NCCC(=O)NCCN3C(=O)CC(SCCCC(C)C)C3=O)C1=O)[C@]1(C)O[C@H]1[C@H](C)[C@@H]1C[C@@](O)(NC(=O)O1)[C@H](OC)/C=C/C=C(\C)C2. The molecule has 4 saturated heterocycles. The quantitative estimate of drug-likeness (QED) is 0.0250. The lowest BCUT2D eigenvalue weighted by Crippen LogP contribution is -2.63. The summed E-state index contributed by atoms with van der Waals surface area (Å²) in [6, 6.07) is 2.28. The number of aliphatic hydroxyl groups is 1. The van der Waals surface area contributed by atoms with Crippen LogP contribution in [0.4, 0.5) is 10.5 Å². The maximum Gasteiger partial charge on any atom is 0.409 e. The molecule has 5 aliphatic heterocycles. The van der Waals surface area contributed by atoms with Crippen LogP contribution in [0.3, 0.4) is 0 Å². The average molecular weight is 1400 g/mol. The second kappa shape index (κ2) is 35.8. The van der Waals surface area contributed by atoms with Gasteiger partial charge in [-0.1, -0.05) is 62.6 Å². The number of hydrogen-bond donors (Lipinski definition) is 7. The van der Waals surface area contributed by atoms with Crippen LogP contribution in [0, 0.1) is 11.8 Å². The Morgan fingerprint density at radius 1 is 0.792 bits per heavy atom. The van der Waals surface area contributed by atoms with Crippen molar-refractivity contribution in [2.45, 2.75) is 164 Å². The molecule has 6 rings (SSSR count). The highest BCUT2D eigenvalue weighted by Crippen LogP contribution is 2.49. The highest BCUT2D eigenvalue weighted by molar-refractivity contribution is 8.00. The number of imide groups is 2. The lowest BCUT2D eigenvalue weighted by molar-refractivity contribution is -0.162. The minimum atomic E-state index is -1.92. The van der Waals surface area contributed by atoms with Gasteiger partial charge in [0.05, 0.1) is 55.5 Å². The molecule has 0 aliphatic carbocycles. The van der Waals surface area contributed by atoms with Crippen LogP contribution < -0.4 is 41.5 Å². The number of methoxy groups -OCH3 is 2. The number of thioether (sulfide) groups is 2. The molecular weight excluding hydrogens is 1310 g/mol. The summed E-state index contributed by atoms with van der Waals surface area (Å²) in [7, 11) is 5.75. The lowest BCUT2D eigenvalue weighted by Gasteiger charge is -2.42. The first kappa shape index (κ1) is 77.7. The van der Waals surface area contributed by atoms with Gasteiger partial charge in [0.2, 0.25) is 65.0 Å². The van der Waals surface area contributed by atoms with Gasteiger partial charge in [-0.05, 0) is 69.4 Å². The number of esters is 1. The number of alkyl carbamates (subject to hydrolysis) is 1. The minimum Gasteiger partial charge on any atom is -0.495 e. The lowest BCUT2D eigenvalue weighted by atomic mass is 9.83. The summed E-state index contributed by atoms with van der Waals surface area (Å²) in [5.41, 5.74) is -1.35. The number of amides is 12. The Labute approximate surface area is 572 Å². The molecule has 0 spiro atoms. The molecule has 7 N–H and O–H groups in total. The number of carbonyl (C=O) groups excluding carboxylic acids is 13. The summed E-state index contributed by atoms with van der Waals surface area (Å²) in [5.74, 6) is -5.37. The molecule has 29 nitrogen and oxygen atoms in total. The fourth-order valence-electron chi connectivity index (χ4n) is 11.4. The van der Waals surface area contributed by atoms with E-state index >= 15 is 0 Å². The zero-order chi connectivity index (χ0) is 70.8. The monoisotopic (exact) mass is 1400 g/mol. The molecule has 96 heavy (non-hydrogen) atoms. The highest BCUT2D eigenvalue weighted by Gasteiger charge is 2.64. The number of hydrogen-bond acceptors (Lipinski definition) is 21. The van der Waals surface area contributed by atoms with E-state index in [0.717, 1.165) is 51.3 Å². The number of carbonyl (C=O) groups is 13. The van der Waals surface area contributed by atoms with Crippen LogP contribution in [0.5, 0.6) is 5.75 Å². The van der Waals surface area contributed by atoms with Crippen molar-refractivity contribution in [3.05, 3.63) is 46.5 Å². The third kappa shape index (κ3) is 21.6. The summed E-state index contributed by atoms with van der Waals surface area (Å²) < 4.78 is 29.4. The van der Waals surface area contributed by atoms with Crippen molar-refractivity contribution in [2.24, 2.45) is 11.8 Å². The highest BCUT2D eigenvalue weighted by atomic mass is 35.5. The van der Waals surface area contributed by atoms with Crippen molar-refractivity contribution in [2.75, 3.05) is 90.5 Å². The molecule has 0 saturated carbocycles. The van der Waals surface area contributed by atoms with Gasteiger partial charge in [-0.25, -0.2) is 9.59 Å². The normalized spacial score (nSPS) is 25.6. The summed E-state index contributed by atoms with van der Waals surface area (Å²) in [6.45, 7) is 9.45. The van der Waals surface area contributed by atoms with Crippen LogP contribution in [0.2, 0.25) is 5.02 Å². The standard InChI is InChI=1S/C64H91ClN10O19S2/c1-36(2)14-13-24-95-44-29-56(84)75(60(44)86)23-21-67-49(77)18-20-66-50(78)33-69-52(80)35-70-51(79)34-68-48(76)17-12-22-74-55(83)30-45(59(74)85)96-25-19-53(81)72(7)39(5)61(87)93-47-31-54(82)73(8)41-27-40(28-42(90-9)57(41)65)26-37(3)15-11-16-46(91-10)64(89)32-43(92-62(88)71-64)38(4)58-63(47,6)94-58/h11,15-16,27-28,36,38-39,43-47,58,89H,12-14,17-26,29-35H2,1-10H3,(H,66,78)(H,67,77)(H,68,76)(H,69,80)(H,70,79)(H,71,88)/b16-11+,37-15+/t38-,39+,43+,44?,45?,46-,47+,58+,63+,64+/m1/s1. The number of likely N-dealkylation sites (N-methyl/N-ethyl adjacent to an activating group) is 1. The molecule has 0 aromatic heterocycles. The Kier molecular flexibility index (Phi) is 29.0. The second-order valence-corrected chi connectivity index (χ2v) is 28.0. The number of epoxide rings is 1. The first-order chi connectivity index (χ1) is 45.4. The molecule has 1 aromatic carbocycles. The number of anilines is 1. The molecule has 0 radical (unpaired) electrons. The third-order valence-electron chi connectivity index (χ3n) is 17.3.